The number of aryl methyl sites for hydroxylation is 1. The smallest absolute Gasteiger partial charge is 0.356 e. The van der Waals surface area contributed by atoms with Crippen molar-refractivity contribution in [2.75, 3.05) is 30.9 Å². The second-order valence-corrected chi connectivity index (χ2v) is 7.39. The summed E-state index contributed by atoms with van der Waals surface area (Å²) in [6.07, 6.45) is 1.90. The summed E-state index contributed by atoms with van der Waals surface area (Å²) in [6, 6.07) is 7.98. The lowest BCUT2D eigenvalue weighted by molar-refractivity contribution is 0.0519. The van der Waals surface area contributed by atoms with Crippen molar-refractivity contribution >= 4 is 29.3 Å². The van der Waals surface area contributed by atoms with E-state index in [9.17, 15) is 9.59 Å². The topological polar surface area (TPSA) is 152 Å². The molecule has 2 amide bonds. The first-order valence-electron chi connectivity index (χ1n) is 11.2. The fourth-order valence-electron chi connectivity index (χ4n) is 2.96. The molecule has 0 aliphatic carbocycles. The van der Waals surface area contributed by atoms with Gasteiger partial charge in [0.2, 0.25) is 0 Å². The van der Waals surface area contributed by atoms with Gasteiger partial charge in [0.05, 0.1) is 13.7 Å². The summed E-state index contributed by atoms with van der Waals surface area (Å²) in [7, 11) is 1.50. The van der Waals surface area contributed by atoms with Crippen LogP contribution < -0.4 is 25.4 Å². The third-order valence-electron chi connectivity index (χ3n) is 4.60. The molecule has 186 valence electrons. The molecule has 2 heterocycles. The molecule has 1 aromatic carbocycles. The molecule has 3 aromatic rings. The molecule has 12 nitrogen and oxygen atoms in total. The van der Waals surface area contributed by atoms with E-state index in [0.29, 0.717) is 41.1 Å². The summed E-state index contributed by atoms with van der Waals surface area (Å²) in [5.74, 6) is 1.05. The summed E-state index contributed by atoms with van der Waals surface area (Å²) in [6.45, 7) is 6.43. The van der Waals surface area contributed by atoms with Crippen molar-refractivity contribution in [1.29, 1.82) is 0 Å². The van der Waals surface area contributed by atoms with Crippen LogP contribution in [0.3, 0.4) is 0 Å². The van der Waals surface area contributed by atoms with Crippen molar-refractivity contribution in [3.05, 3.63) is 41.7 Å². The molecule has 0 unspecified atom stereocenters. The first-order valence-corrected chi connectivity index (χ1v) is 11.2. The van der Waals surface area contributed by atoms with E-state index in [1.165, 1.54) is 13.2 Å². The van der Waals surface area contributed by atoms with Crippen LogP contribution in [-0.4, -0.2) is 52.4 Å². The van der Waals surface area contributed by atoms with Gasteiger partial charge >= 0.3 is 18.0 Å². The molecule has 3 rings (SSSR count). The average Bonchev–Trinajstić information content (AvgIpc) is 3.28. The maximum atomic E-state index is 12.0. The van der Waals surface area contributed by atoms with Gasteiger partial charge in [-0.1, -0.05) is 13.3 Å². The molecular formula is C23H29N7O5. The predicted molar refractivity (Wildman–Crippen MR) is 130 cm³/mol. The van der Waals surface area contributed by atoms with Gasteiger partial charge in [0.1, 0.15) is 11.5 Å². The van der Waals surface area contributed by atoms with Gasteiger partial charge in [0.15, 0.2) is 17.3 Å². The summed E-state index contributed by atoms with van der Waals surface area (Å²) < 4.78 is 16.2. The van der Waals surface area contributed by atoms with Crippen molar-refractivity contribution in [1.82, 2.24) is 25.5 Å². The van der Waals surface area contributed by atoms with Gasteiger partial charge in [-0.15, -0.1) is 0 Å². The molecule has 0 spiro atoms. The monoisotopic (exact) mass is 483 g/mol. The van der Waals surface area contributed by atoms with Gasteiger partial charge in [-0.3, -0.25) is 5.10 Å². The summed E-state index contributed by atoms with van der Waals surface area (Å²) in [4.78, 5) is 32.5. The molecule has 12 heteroatoms. The number of anilines is 3. The lowest BCUT2D eigenvalue weighted by Gasteiger charge is -2.13. The SMILES string of the molecule is CCCCNC(=O)Nc1ccc(Oc2nc(C)cc(Nc3cc(C(=O)OCC)[nH]n3)n2)c(OC)c1. The Morgan fingerprint density at radius 3 is 2.63 bits per heavy atom. The Balaban J connectivity index is 1.71. The number of H-pyrrole nitrogens is 1. The van der Waals surface area contributed by atoms with E-state index in [2.05, 4.69) is 43.0 Å². The summed E-state index contributed by atoms with van der Waals surface area (Å²) >= 11 is 0. The van der Waals surface area contributed by atoms with Crippen LogP contribution >= 0.6 is 0 Å². The third-order valence-corrected chi connectivity index (χ3v) is 4.60. The zero-order valence-corrected chi connectivity index (χ0v) is 20.1. The zero-order valence-electron chi connectivity index (χ0n) is 20.1. The minimum absolute atomic E-state index is 0.0740. The Kier molecular flexibility index (Phi) is 8.82. The van der Waals surface area contributed by atoms with E-state index in [0.717, 1.165) is 12.8 Å². The zero-order chi connectivity index (χ0) is 25.2. The number of rotatable bonds is 11. The molecule has 0 atom stereocenters. The van der Waals surface area contributed by atoms with Crippen LogP contribution in [0.25, 0.3) is 0 Å². The van der Waals surface area contributed by atoms with Crippen molar-refractivity contribution in [2.24, 2.45) is 0 Å². The van der Waals surface area contributed by atoms with E-state index < -0.39 is 5.97 Å². The highest BCUT2D eigenvalue weighted by atomic mass is 16.5. The third kappa shape index (κ3) is 7.32. The highest BCUT2D eigenvalue weighted by Gasteiger charge is 2.14. The number of benzene rings is 1. The number of hydrogen-bond donors (Lipinski definition) is 4. The molecule has 0 aliphatic heterocycles. The van der Waals surface area contributed by atoms with Gasteiger partial charge in [-0.2, -0.15) is 10.1 Å². The van der Waals surface area contributed by atoms with Gasteiger partial charge < -0.3 is 30.2 Å². The highest BCUT2D eigenvalue weighted by Crippen LogP contribution is 2.33. The Morgan fingerprint density at radius 1 is 1.06 bits per heavy atom. The predicted octanol–water partition coefficient (Wildman–Crippen LogP) is 4.15. The van der Waals surface area contributed by atoms with Crippen LogP contribution in [-0.2, 0) is 4.74 Å². The molecule has 0 radical (unpaired) electrons. The number of unbranched alkanes of at least 4 members (excludes halogenated alkanes) is 1. The largest absolute Gasteiger partial charge is 0.493 e. The highest BCUT2D eigenvalue weighted by molar-refractivity contribution is 5.89. The first-order chi connectivity index (χ1) is 16.9. The van der Waals surface area contributed by atoms with Crippen molar-refractivity contribution in [2.45, 2.75) is 33.6 Å². The molecule has 2 aromatic heterocycles. The first kappa shape index (κ1) is 25.3. The lowest BCUT2D eigenvalue weighted by Crippen LogP contribution is -2.29. The molecule has 0 aliphatic rings. The molecular weight excluding hydrogens is 454 g/mol. The van der Waals surface area contributed by atoms with Crippen molar-refractivity contribution in [3.63, 3.8) is 0 Å². The van der Waals surface area contributed by atoms with Crippen LogP contribution in [0, 0.1) is 6.92 Å². The molecule has 0 saturated heterocycles. The maximum Gasteiger partial charge on any atom is 0.356 e. The number of aromatic nitrogens is 4. The van der Waals surface area contributed by atoms with E-state index >= 15 is 0 Å². The Morgan fingerprint density at radius 2 is 1.89 bits per heavy atom. The quantitative estimate of drug-likeness (QED) is 0.233. The Bertz CT molecular complexity index is 1160. The van der Waals surface area contributed by atoms with E-state index in [1.54, 1.807) is 38.1 Å². The number of urea groups is 1. The molecule has 4 N–H and O–H groups in total. The number of esters is 1. The summed E-state index contributed by atoms with van der Waals surface area (Å²) in [5, 5.41) is 15.2. The van der Waals surface area contributed by atoms with Gasteiger partial charge in [0, 0.05) is 36.1 Å². The van der Waals surface area contributed by atoms with Crippen molar-refractivity contribution < 1.29 is 23.8 Å². The number of ether oxygens (including phenoxy) is 3. The number of aromatic amines is 1. The average molecular weight is 484 g/mol. The fourth-order valence-corrected chi connectivity index (χ4v) is 2.96. The fraction of sp³-hybridized carbons (Fsp3) is 0.348. The van der Waals surface area contributed by atoms with Gasteiger partial charge in [0.25, 0.3) is 0 Å². The number of hydrogen-bond acceptors (Lipinski definition) is 9. The second-order valence-electron chi connectivity index (χ2n) is 7.39. The molecule has 35 heavy (non-hydrogen) atoms. The molecule has 0 fully saturated rings. The Hall–Kier alpha value is -4.35. The lowest BCUT2D eigenvalue weighted by atomic mass is 10.2. The van der Waals surface area contributed by atoms with Crippen molar-refractivity contribution in [3.8, 4) is 17.5 Å². The minimum atomic E-state index is -0.501. The number of methoxy groups -OCH3 is 1. The van der Waals surface area contributed by atoms with Gasteiger partial charge in [-0.05, 0) is 32.4 Å². The van der Waals surface area contributed by atoms with Crippen LogP contribution in [0.15, 0.2) is 30.3 Å². The van der Waals surface area contributed by atoms with E-state index in [1.807, 2.05) is 0 Å². The second kappa shape index (κ2) is 12.2. The van der Waals surface area contributed by atoms with Crippen LogP contribution in [0.5, 0.6) is 17.5 Å². The normalized spacial score (nSPS) is 10.4. The minimum Gasteiger partial charge on any atom is -0.493 e. The number of nitrogens with zero attached hydrogens (tertiary/aromatic N) is 3. The number of nitrogens with one attached hydrogen (secondary N) is 4. The standard InChI is InChI=1S/C23H29N7O5/c1-5-7-10-24-22(32)26-15-8-9-17(18(12-15)33-4)35-23-25-14(3)11-19(28-23)27-20-13-16(29-30-20)21(31)34-6-2/h8-9,11-13H,5-7,10H2,1-4H3,(H2,24,26,32)(H2,25,27,28,29,30). The number of amides is 2. The van der Waals surface area contributed by atoms with E-state index in [-0.39, 0.29) is 24.3 Å². The van der Waals surface area contributed by atoms with Crippen LogP contribution in [0.4, 0.5) is 22.1 Å². The number of carbonyl (C=O) groups excluding carboxylic acids is 2. The van der Waals surface area contributed by atoms with Crippen LogP contribution in [0.2, 0.25) is 0 Å². The summed E-state index contributed by atoms with van der Waals surface area (Å²) in [5.41, 5.74) is 1.40. The Labute approximate surface area is 202 Å². The molecule has 0 bridgehead atoms. The maximum absolute atomic E-state index is 12.0. The number of carbonyl (C=O) groups is 2. The van der Waals surface area contributed by atoms with E-state index in [4.69, 9.17) is 14.2 Å². The molecule has 0 saturated carbocycles. The van der Waals surface area contributed by atoms with Gasteiger partial charge in [-0.25, -0.2) is 14.6 Å². The van der Waals surface area contributed by atoms with Crippen LogP contribution in [0.1, 0.15) is 42.9 Å².